The first-order chi connectivity index (χ1) is 7.21. The largest absolute Gasteiger partial charge is 0.481 e. The molecule has 1 aromatic carbocycles. The average Bonchev–Trinajstić information content (AvgIpc) is 2.07. The first kappa shape index (κ1) is 13.0. The average molecular weight is 301 g/mol. The van der Waals surface area contributed by atoms with Gasteiger partial charge in [-0.3, -0.25) is 4.79 Å². The molecule has 0 aromatic heterocycles. The number of benzene rings is 1. The van der Waals surface area contributed by atoms with Crippen molar-refractivity contribution in [1.29, 1.82) is 0 Å². The fraction of sp³-hybridized carbons (Fsp3) is 0.222. The zero-order chi connectivity index (χ0) is 12.5. The predicted octanol–water partition coefficient (Wildman–Crippen LogP) is 3.23. The summed E-state index contributed by atoms with van der Waals surface area (Å²) in [6, 6.07) is 1.07. The minimum atomic E-state index is -4.73. The third-order valence-electron chi connectivity index (χ3n) is 1.76. The number of rotatable bonds is 2. The molecule has 0 amide bonds. The molecule has 0 radical (unpaired) electrons. The van der Waals surface area contributed by atoms with Crippen LogP contribution in [-0.4, -0.2) is 11.1 Å². The molecule has 0 saturated carbocycles. The van der Waals surface area contributed by atoms with Gasteiger partial charge in [-0.2, -0.15) is 13.2 Å². The lowest BCUT2D eigenvalue weighted by Gasteiger charge is -2.12. The molecule has 0 heterocycles. The summed E-state index contributed by atoms with van der Waals surface area (Å²) in [4.78, 5) is 10.4. The molecule has 0 atom stereocenters. The molecule has 1 N–H and O–H groups in total. The Morgan fingerprint density at radius 3 is 2.38 bits per heavy atom. The zero-order valence-electron chi connectivity index (χ0n) is 7.61. The summed E-state index contributed by atoms with van der Waals surface area (Å²) in [5.74, 6) is -2.45. The van der Waals surface area contributed by atoms with Gasteiger partial charge in [0.1, 0.15) is 5.82 Å². The second-order valence-corrected chi connectivity index (χ2v) is 3.79. The SMILES string of the molecule is O=C(O)Cc1cc(F)cc(C(F)(F)F)c1Br. The third kappa shape index (κ3) is 2.94. The van der Waals surface area contributed by atoms with Crippen molar-refractivity contribution in [2.75, 3.05) is 0 Å². The van der Waals surface area contributed by atoms with E-state index in [4.69, 9.17) is 5.11 Å². The minimum Gasteiger partial charge on any atom is -0.481 e. The number of carbonyl (C=O) groups is 1. The fourth-order valence-corrected chi connectivity index (χ4v) is 1.74. The molecule has 0 fully saturated rings. The van der Waals surface area contributed by atoms with Crippen LogP contribution in [0.2, 0.25) is 0 Å². The summed E-state index contributed by atoms with van der Waals surface area (Å²) in [7, 11) is 0. The van der Waals surface area contributed by atoms with E-state index in [9.17, 15) is 22.4 Å². The van der Waals surface area contributed by atoms with Gasteiger partial charge in [-0.25, -0.2) is 4.39 Å². The zero-order valence-corrected chi connectivity index (χ0v) is 9.19. The lowest BCUT2D eigenvalue weighted by atomic mass is 10.1. The van der Waals surface area contributed by atoms with E-state index >= 15 is 0 Å². The number of carboxylic acid groups (broad SMARTS) is 1. The molecule has 1 rings (SSSR count). The summed E-state index contributed by atoms with van der Waals surface area (Å²) in [6.45, 7) is 0. The highest BCUT2D eigenvalue weighted by Crippen LogP contribution is 2.37. The molecule has 0 spiro atoms. The number of aliphatic carboxylic acids is 1. The molecule has 0 unspecified atom stereocenters. The second kappa shape index (κ2) is 4.40. The van der Waals surface area contributed by atoms with Crippen LogP contribution in [0.4, 0.5) is 17.6 Å². The van der Waals surface area contributed by atoms with Crippen molar-refractivity contribution < 1.29 is 27.5 Å². The third-order valence-corrected chi connectivity index (χ3v) is 2.70. The van der Waals surface area contributed by atoms with Crippen molar-refractivity contribution in [2.24, 2.45) is 0 Å². The molecule has 88 valence electrons. The van der Waals surface area contributed by atoms with Crippen molar-refractivity contribution in [1.82, 2.24) is 0 Å². The Morgan fingerprint density at radius 1 is 1.38 bits per heavy atom. The molecule has 1 aromatic rings. The van der Waals surface area contributed by atoms with Gasteiger partial charge in [0.2, 0.25) is 0 Å². The summed E-state index contributed by atoms with van der Waals surface area (Å²) < 4.78 is 49.6. The topological polar surface area (TPSA) is 37.3 Å². The molecule has 2 nitrogen and oxygen atoms in total. The van der Waals surface area contributed by atoms with Crippen LogP contribution in [0.15, 0.2) is 16.6 Å². The van der Waals surface area contributed by atoms with E-state index in [2.05, 4.69) is 15.9 Å². The smallest absolute Gasteiger partial charge is 0.417 e. The fourth-order valence-electron chi connectivity index (χ4n) is 1.14. The number of hydrogen-bond donors (Lipinski definition) is 1. The number of alkyl halides is 3. The van der Waals surface area contributed by atoms with Crippen LogP contribution in [0, 0.1) is 5.82 Å². The van der Waals surface area contributed by atoms with Crippen LogP contribution >= 0.6 is 15.9 Å². The molecular weight excluding hydrogens is 296 g/mol. The van der Waals surface area contributed by atoms with Crippen molar-refractivity contribution in [3.63, 3.8) is 0 Å². The quantitative estimate of drug-likeness (QED) is 0.852. The molecule has 0 aliphatic rings. The first-order valence-electron chi connectivity index (χ1n) is 3.98. The standard InChI is InChI=1S/C9H5BrF4O2/c10-8-4(2-7(15)16)1-5(11)3-6(8)9(12,13)14/h1,3H,2H2,(H,15,16). The summed E-state index contributed by atoms with van der Waals surface area (Å²) >= 11 is 2.63. The van der Waals surface area contributed by atoms with Gasteiger partial charge in [-0.1, -0.05) is 0 Å². The highest BCUT2D eigenvalue weighted by atomic mass is 79.9. The van der Waals surface area contributed by atoms with E-state index in [1.54, 1.807) is 0 Å². The Labute approximate surface area is 96.0 Å². The van der Waals surface area contributed by atoms with Crippen LogP contribution in [-0.2, 0) is 17.4 Å². The maximum Gasteiger partial charge on any atom is 0.417 e. The molecular formula is C9H5BrF4O2. The van der Waals surface area contributed by atoms with Gasteiger partial charge in [0.25, 0.3) is 0 Å². The maximum absolute atomic E-state index is 12.9. The van der Waals surface area contributed by atoms with E-state index in [1.165, 1.54) is 0 Å². The van der Waals surface area contributed by atoms with E-state index in [1.807, 2.05) is 0 Å². The maximum atomic E-state index is 12.9. The summed E-state index contributed by atoms with van der Waals surface area (Å²) in [5.41, 5.74) is -1.47. The Morgan fingerprint density at radius 2 is 1.94 bits per heavy atom. The Hall–Kier alpha value is -1.11. The Bertz CT molecular complexity index is 428. The Balaban J connectivity index is 3.32. The van der Waals surface area contributed by atoms with Gasteiger partial charge in [0.15, 0.2) is 0 Å². The van der Waals surface area contributed by atoms with E-state index in [-0.39, 0.29) is 5.56 Å². The minimum absolute atomic E-state index is 0.250. The van der Waals surface area contributed by atoms with E-state index in [0.29, 0.717) is 6.07 Å². The van der Waals surface area contributed by atoms with Gasteiger partial charge in [0, 0.05) is 4.47 Å². The van der Waals surface area contributed by atoms with Crippen molar-refractivity contribution in [3.05, 3.63) is 33.5 Å². The summed E-state index contributed by atoms with van der Waals surface area (Å²) in [6.07, 6.45) is -5.41. The molecule has 0 aliphatic heterocycles. The van der Waals surface area contributed by atoms with Crippen LogP contribution < -0.4 is 0 Å². The molecule has 16 heavy (non-hydrogen) atoms. The van der Waals surface area contributed by atoms with E-state index in [0.717, 1.165) is 6.07 Å². The lowest BCUT2D eigenvalue weighted by Crippen LogP contribution is -2.10. The Kier molecular flexibility index (Phi) is 3.57. The molecule has 0 aliphatic carbocycles. The van der Waals surface area contributed by atoms with Gasteiger partial charge in [-0.15, -0.1) is 0 Å². The number of hydrogen-bond acceptors (Lipinski definition) is 1. The number of halogens is 5. The highest BCUT2D eigenvalue weighted by molar-refractivity contribution is 9.10. The first-order valence-corrected chi connectivity index (χ1v) is 4.78. The predicted molar refractivity (Wildman–Crippen MR) is 50.4 cm³/mol. The van der Waals surface area contributed by atoms with Crippen molar-refractivity contribution >= 4 is 21.9 Å². The van der Waals surface area contributed by atoms with Gasteiger partial charge in [0.05, 0.1) is 12.0 Å². The van der Waals surface area contributed by atoms with Crippen molar-refractivity contribution in [3.8, 4) is 0 Å². The number of carboxylic acids is 1. The van der Waals surface area contributed by atoms with Crippen LogP contribution in [0.1, 0.15) is 11.1 Å². The lowest BCUT2D eigenvalue weighted by molar-refractivity contribution is -0.139. The van der Waals surface area contributed by atoms with E-state index < -0.39 is 34.4 Å². The van der Waals surface area contributed by atoms with Crippen LogP contribution in [0.25, 0.3) is 0 Å². The van der Waals surface area contributed by atoms with Crippen LogP contribution in [0.3, 0.4) is 0 Å². The molecule has 0 saturated heterocycles. The second-order valence-electron chi connectivity index (χ2n) is 2.99. The monoisotopic (exact) mass is 300 g/mol. The molecule has 7 heteroatoms. The van der Waals surface area contributed by atoms with Gasteiger partial charge < -0.3 is 5.11 Å². The summed E-state index contributed by atoms with van der Waals surface area (Å²) in [5, 5.41) is 8.45. The molecule has 0 bridgehead atoms. The highest BCUT2D eigenvalue weighted by Gasteiger charge is 2.34. The normalized spacial score (nSPS) is 11.6. The van der Waals surface area contributed by atoms with Gasteiger partial charge >= 0.3 is 12.1 Å². The van der Waals surface area contributed by atoms with Crippen molar-refractivity contribution in [2.45, 2.75) is 12.6 Å². The van der Waals surface area contributed by atoms with Crippen LogP contribution in [0.5, 0.6) is 0 Å². The van der Waals surface area contributed by atoms with Gasteiger partial charge in [-0.05, 0) is 33.6 Å².